The predicted molar refractivity (Wildman–Crippen MR) is 121 cm³/mol. The number of carbonyl (C=O) groups excluding carboxylic acids is 1. The molecule has 0 fully saturated rings. The van der Waals surface area contributed by atoms with Crippen LogP contribution >= 0.6 is 23.4 Å². The molecule has 3 aromatic rings. The summed E-state index contributed by atoms with van der Waals surface area (Å²) in [5.74, 6) is 1.57. The molecule has 0 bridgehead atoms. The third-order valence-corrected chi connectivity index (χ3v) is 5.69. The molecule has 0 heterocycles. The Kier molecular flexibility index (Phi) is 8.47. The lowest BCUT2D eigenvalue weighted by Gasteiger charge is -2.08. The quantitative estimate of drug-likeness (QED) is 0.326. The summed E-state index contributed by atoms with van der Waals surface area (Å²) in [5, 5.41) is 3.73. The summed E-state index contributed by atoms with van der Waals surface area (Å²) < 4.78 is 5.76. The average molecular weight is 426 g/mol. The van der Waals surface area contributed by atoms with Gasteiger partial charge in [-0.05, 0) is 60.9 Å². The third kappa shape index (κ3) is 7.15. The topological polar surface area (TPSA) is 38.3 Å². The molecule has 1 N–H and O–H groups in total. The molecule has 0 aliphatic rings. The zero-order chi connectivity index (χ0) is 20.3. The first-order valence-electron chi connectivity index (χ1n) is 9.65. The number of ether oxygens (including phenoxy) is 1. The Morgan fingerprint density at radius 1 is 0.931 bits per heavy atom. The SMILES string of the molecule is O=C(NCCCc1ccccc1Cl)c1ccc(OCCSc2ccccc2)cc1. The molecule has 0 aromatic heterocycles. The van der Waals surface area contributed by atoms with Gasteiger partial charge in [0.2, 0.25) is 0 Å². The van der Waals surface area contributed by atoms with E-state index in [0.717, 1.165) is 34.9 Å². The molecule has 1 amide bonds. The van der Waals surface area contributed by atoms with Crippen LogP contribution < -0.4 is 10.1 Å². The highest BCUT2D eigenvalue weighted by Crippen LogP contribution is 2.18. The molecule has 3 aromatic carbocycles. The standard InChI is InChI=1S/C24H24ClNO2S/c25-23-11-5-4-7-19(23)8-6-16-26-24(27)20-12-14-21(15-13-20)28-17-18-29-22-9-2-1-3-10-22/h1-5,7,9-15H,6,8,16-18H2,(H,26,27). The Bertz CT molecular complexity index is 900. The molecule has 0 saturated heterocycles. The van der Waals surface area contributed by atoms with Gasteiger partial charge >= 0.3 is 0 Å². The molecular formula is C24H24ClNO2S. The highest BCUT2D eigenvalue weighted by molar-refractivity contribution is 7.99. The van der Waals surface area contributed by atoms with Crippen molar-refractivity contribution in [2.75, 3.05) is 18.9 Å². The van der Waals surface area contributed by atoms with E-state index in [-0.39, 0.29) is 5.91 Å². The van der Waals surface area contributed by atoms with Crippen molar-refractivity contribution in [2.45, 2.75) is 17.7 Å². The molecule has 0 unspecified atom stereocenters. The smallest absolute Gasteiger partial charge is 0.251 e. The van der Waals surface area contributed by atoms with E-state index in [4.69, 9.17) is 16.3 Å². The Morgan fingerprint density at radius 3 is 2.41 bits per heavy atom. The summed E-state index contributed by atoms with van der Waals surface area (Å²) in [5.41, 5.74) is 1.74. The molecule has 0 aliphatic heterocycles. The van der Waals surface area contributed by atoms with E-state index in [2.05, 4.69) is 17.4 Å². The highest BCUT2D eigenvalue weighted by Gasteiger charge is 2.06. The van der Waals surface area contributed by atoms with Crippen LogP contribution in [0.2, 0.25) is 5.02 Å². The van der Waals surface area contributed by atoms with Gasteiger partial charge in [0.15, 0.2) is 0 Å². The number of rotatable bonds is 10. The molecule has 0 spiro atoms. The maximum absolute atomic E-state index is 12.3. The monoisotopic (exact) mass is 425 g/mol. The summed E-state index contributed by atoms with van der Waals surface area (Å²) >= 11 is 7.91. The minimum Gasteiger partial charge on any atom is -0.493 e. The summed E-state index contributed by atoms with van der Waals surface area (Å²) in [7, 11) is 0. The zero-order valence-corrected chi connectivity index (χ0v) is 17.7. The van der Waals surface area contributed by atoms with Crippen LogP contribution in [0.4, 0.5) is 0 Å². The van der Waals surface area contributed by atoms with E-state index < -0.39 is 0 Å². The number of halogens is 1. The zero-order valence-electron chi connectivity index (χ0n) is 16.1. The van der Waals surface area contributed by atoms with Gasteiger partial charge in [-0.2, -0.15) is 0 Å². The van der Waals surface area contributed by atoms with Gasteiger partial charge in [-0.3, -0.25) is 4.79 Å². The molecule has 0 atom stereocenters. The first-order valence-corrected chi connectivity index (χ1v) is 11.0. The highest BCUT2D eigenvalue weighted by atomic mass is 35.5. The number of hydrogen-bond donors (Lipinski definition) is 1. The fourth-order valence-corrected chi connectivity index (χ4v) is 3.80. The Labute approximate surface area is 181 Å². The van der Waals surface area contributed by atoms with Gasteiger partial charge in [-0.15, -0.1) is 11.8 Å². The number of aryl methyl sites for hydroxylation is 1. The van der Waals surface area contributed by atoms with Crippen molar-refractivity contribution in [3.8, 4) is 5.75 Å². The number of hydrogen-bond acceptors (Lipinski definition) is 3. The number of benzene rings is 3. The van der Waals surface area contributed by atoms with Gasteiger partial charge in [0.25, 0.3) is 5.91 Å². The van der Waals surface area contributed by atoms with E-state index in [9.17, 15) is 4.79 Å². The molecule has 150 valence electrons. The lowest BCUT2D eigenvalue weighted by molar-refractivity contribution is 0.0953. The van der Waals surface area contributed by atoms with Crippen LogP contribution in [0.15, 0.2) is 83.8 Å². The van der Waals surface area contributed by atoms with Crippen LogP contribution in [0, 0.1) is 0 Å². The Morgan fingerprint density at radius 2 is 1.66 bits per heavy atom. The molecule has 29 heavy (non-hydrogen) atoms. The summed E-state index contributed by atoms with van der Waals surface area (Å²) in [4.78, 5) is 13.5. The Balaban J connectivity index is 1.35. The van der Waals surface area contributed by atoms with Crippen LogP contribution in [-0.4, -0.2) is 24.8 Å². The third-order valence-electron chi connectivity index (χ3n) is 4.35. The maximum Gasteiger partial charge on any atom is 0.251 e. The van der Waals surface area contributed by atoms with Crippen molar-refractivity contribution in [1.29, 1.82) is 0 Å². The second-order valence-corrected chi connectivity index (χ2v) is 8.06. The van der Waals surface area contributed by atoms with E-state index in [1.807, 2.05) is 54.6 Å². The van der Waals surface area contributed by atoms with Crippen LogP contribution in [0.3, 0.4) is 0 Å². The number of amides is 1. The fourth-order valence-electron chi connectivity index (χ4n) is 2.82. The summed E-state index contributed by atoms with van der Waals surface area (Å²) in [6.45, 7) is 1.23. The molecule has 5 heteroatoms. The number of carbonyl (C=O) groups is 1. The van der Waals surface area contributed by atoms with Crippen molar-refractivity contribution in [3.63, 3.8) is 0 Å². The fraction of sp³-hybridized carbons (Fsp3) is 0.208. The largest absolute Gasteiger partial charge is 0.493 e. The first-order chi connectivity index (χ1) is 14.2. The molecule has 0 radical (unpaired) electrons. The molecule has 0 aliphatic carbocycles. The minimum absolute atomic E-state index is 0.0738. The average Bonchev–Trinajstić information content (AvgIpc) is 2.76. The van der Waals surface area contributed by atoms with E-state index in [1.165, 1.54) is 4.90 Å². The van der Waals surface area contributed by atoms with Gasteiger partial charge in [-0.25, -0.2) is 0 Å². The lowest BCUT2D eigenvalue weighted by Crippen LogP contribution is -2.24. The van der Waals surface area contributed by atoms with E-state index >= 15 is 0 Å². The van der Waals surface area contributed by atoms with E-state index in [1.54, 1.807) is 23.9 Å². The van der Waals surface area contributed by atoms with Crippen molar-refractivity contribution in [1.82, 2.24) is 5.32 Å². The predicted octanol–water partition coefficient (Wildman–Crippen LogP) is 5.87. The van der Waals surface area contributed by atoms with Crippen LogP contribution in [-0.2, 0) is 6.42 Å². The molecule has 3 rings (SSSR count). The maximum atomic E-state index is 12.3. The van der Waals surface area contributed by atoms with Crippen LogP contribution in [0.1, 0.15) is 22.3 Å². The molecule has 3 nitrogen and oxygen atoms in total. The van der Waals surface area contributed by atoms with Gasteiger partial charge in [-0.1, -0.05) is 48.0 Å². The van der Waals surface area contributed by atoms with Crippen molar-refractivity contribution in [2.24, 2.45) is 0 Å². The van der Waals surface area contributed by atoms with Crippen molar-refractivity contribution < 1.29 is 9.53 Å². The number of thioether (sulfide) groups is 1. The first kappa shape index (κ1) is 21.3. The summed E-state index contributed by atoms with van der Waals surface area (Å²) in [6, 6.07) is 25.3. The lowest BCUT2D eigenvalue weighted by atomic mass is 10.1. The Hall–Kier alpha value is -2.43. The van der Waals surface area contributed by atoms with Gasteiger partial charge in [0.1, 0.15) is 5.75 Å². The second-order valence-electron chi connectivity index (χ2n) is 6.49. The number of nitrogens with one attached hydrogen (secondary N) is 1. The molecular weight excluding hydrogens is 402 g/mol. The second kappa shape index (κ2) is 11.5. The van der Waals surface area contributed by atoms with Gasteiger partial charge in [0, 0.05) is 27.8 Å². The summed E-state index contributed by atoms with van der Waals surface area (Å²) in [6.07, 6.45) is 1.68. The van der Waals surface area contributed by atoms with Crippen LogP contribution in [0.25, 0.3) is 0 Å². The van der Waals surface area contributed by atoms with E-state index in [0.29, 0.717) is 18.7 Å². The van der Waals surface area contributed by atoms with Gasteiger partial charge in [0.05, 0.1) is 6.61 Å². The minimum atomic E-state index is -0.0738. The molecule has 0 saturated carbocycles. The normalized spacial score (nSPS) is 10.5. The van der Waals surface area contributed by atoms with Crippen molar-refractivity contribution >= 4 is 29.3 Å². The van der Waals surface area contributed by atoms with Gasteiger partial charge < -0.3 is 10.1 Å². The van der Waals surface area contributed by atoms with Crippen molar-refractivity contribution in [3.05, 3.63) is 95.0 Å². The van der Waals surface area contributed by atoms with Crippen LogP contribution in [0.5, 0.6) is 5.75 Å².